The number of rotatable bonds is 6. The molecule has 4 heteroatoms. The summed E-state index contributed by atoms with van der Waals surface area (Å²) < 4.78 is 1.99. The Hall–Kier alpha value is -1.81. The lowest BCUT2D eigenvalue weighted by atomic mass is 10.1. The minimum atomic E-state index is 0.464. The summed E-state index contributed by atoms with van der Waals surface area (Å²) in [5, 5.41) is 4.53. The van der Waals surface area contributed by atoms with Gasteiger partial charge in [0.1, 0.15) is 0 Å². The van der Waals surface area contributed by atoms with Gasteiger partial charge in [0.15, 0.2) is 0 Å². The number of aromatic nitrogens is 2. The minimum absolute atomic E-state index is 0.464. The highest BCUT2D eigenvalue weighted by molar-refractivity contribution is 5.40. The van der Waals surface area contributed by atoms with Crippen LogP contribution in [0.3, 0.4) is 0 Å². The van der Waals surface area contributed by atoms with Crippen molar-refractivity contribution in [2.75, 3.05) is 5.73 Å². The topological polar surface area (TPSA) is 47.1 Å². The van der Waals surface area contributed by atoms with Gasteiger partial charge in [-0.3, -0.25) is 9.58 Å². The second-order valence-electron chi connectivity index (χ2n) is 5.85. The molecule has 0 unspecified atom stereocenters. The number of aryl methyl sites for hydroxylation is 2. The van der Waals surface area contributed by atoms with E-state index in [0.29, 0.717) is 6.04 Å². The Bertz CT molecular complexity index is 586. The lowest BCUT2D eigenvalue weighted by molar-refractivity contribution is 0.198. The number of nitrogens with zero attached hydrogens (tertiary/aromatic N) is 3. The van der Waals surface area contributed by atoms with Crippen molar-refractivity contribution in [3.63, 3.8) is 0 Å². The molecule has 114 valence electrons. The first-order valence-electron chi connectivity index (χ1n) is 7.59. The summed E-state index contributed by atoms with van der Waals surface area (Å²) in [6, 6.07) is 10.8. The Kier molecular flexibility index (Phi) is 5.02. The van der Waals surface area contributed by atoms with Crippen LogP contribution in [0.15, 0.2) is 30.3 Å². The number of hydrogen-bond donors (Lipinski definition) is 1. The van der Waals surface area contributed by atoms with Crippen LogP contribution in [-0.2, 0) is 26.6 Å². The van der Waals surface area contributed by atoms with E-state index in [1.165, 1.54) is 11.3 Å². The molecule has 0 radical (unpaired) electrons. The smallest absolute Gasteiger partial charge is 0.0625 e. The van der Waals surface area contributed by atoms with Crippen LogP contribution in [0.4, 0.5) is 5.69 Å². The Balaban J connectivity index is 2.13. The van der Waals surface area contributed by atoms with E-state index < -0.39 is 0 Å². The van der Waals surface area contributed by atoms with Crippen molar-refractivity contribution in [1.82, 2.24) is 14.7 Å². The molecule has 2 aromatic rings. The Morgan fingerprint density at radius 1 is 1.24 bits per heavy atom. The van der Waals surface area contributed by atoms with Crippen LogP contribution in [0, 0.1) is 0 Å². The molecule has 2 N–H and O–H groups in total. The van der Waals surface area contributed by atoms with Crippen molar-refractivity contribution in [2.24, 2.45) is 7.05 Å². The van der Waals surface area contributed by atoms with Gasteiger partial charge in [0.2, 0.25) is 0 Å². The molecule has 1 aromatic carbocycles. The molecule has 1 heterocycles. The van der Waals surface area contributed by atoms with Gasteiger partial charge in [-0.25, -0.2) is 0 Å². The van der Waals surface area contributed by atoms with Crippen LogP contribution >= 0.6 is 0 Å². The number of benzene rings is 1. The molecule has 0 saturated heterocycles. The van der Waals surface area contributed by atoms with E-state index in [9.17, 15) is 0 Å². The molecule has 0 aliphatic rings. The lowest BCUT2D eigenvalue weighted by Crippen LogP contribution is -2.30. The molecule has 0 aliphatic heterocycles. The average Bonchev–Trinajstić information content (AvgIpc) is 2.78. The predicted octanol–water partition coefficient (Wildman–Crippen LogP) is 2.98. The van der Waals surface area contributed by atoms with Gasteiger partial charge >= 0.3 is 0 Å². The highest BCUT2D eigenvalue weighted by atomic mass is 15.3. The molecule has 1 aromatic heterocycles. The zero-order chi connectivity index (χ0) is 15.4. The fourth-order valence-corrected chi connectivity index (χ4v) is 2.45. The SMILES string of the molecule is CCc1cc(CN(Cc2cccc(N)c2)C(C)C)n(C)n1. The predicted molar refractivity (Wildman–Crippen MR) is 87.8 cm³/mol. The van der Waals surface area contributed by atoms with Crippen LogP contribution in [0.1, 0.15) is 37.7 Å². The molecule has 0 bridgehead atoms. The molecule has 2 rings (SSSR count). The van der Waals surface area contributed by atoms with Gasteiger partial charge in [0.25, 0.3) is 0 Å². The van der Waals surface area contributed by atoms with Crippen LogP contribution in [-0.4, -0.2) is 20.7 Å². The van der Waals surface area contributed by atoms with Crippen molar-refractivity contribution in [3.05, 3.63) is 47.3 Å². The monoisotopic (exact) mass is 286 g/mol. The summed E-state index contributed by atoms with van der Waals surface area (Å²) in [6.07, 6.45) is 0.977. The quantitative estimate of drug-likeness (QED) is 0.830. The van der Waals surface area contributed by atoms with Crippen molar-refractivity contribution in [2.45, 2.75) is 46.3 Å². The number of anilines is 1. The van der Waals surface area contributed by atoms with E-state index in [-0.39, 0.29) is 0 Å². The van der Waals surface area contributed by atoms with E-state index in [1.807, 2.05) is 23.9 Å². The largest absolute Gasteiger partial charge is 0.399 e. The van der Waals surface area contributed by atoms with Gasteiger partial charge in [0, 0.05) is 31.9 Å². The van der Waals surface area contributed by atoms with Gasteiger partial charge < -0.3 is 5.73 Å². The van der Waals surface area contributed by atoms with E-state index in [2.05, 4.69) is 49.0 Å². The van der Waals surface area contributed by atoms with Crippen LogP contribution < -0.4 is 5.73 Å². The van der Waals surface area contributed by atoms with Crippen molar-refractivity contribution in [3.8, 4) is 0 Å². The maximum absolute atomic E-state index is 5.88. The van der Waals surface area contributed by atoms with Gasteiger partial charge in [-0.15, -0.1) is 0 Å². The second-order valence-corrected chi connectivity index (χ2v) is 5.85. The number of hydrogen-bond acceptors (Lipinski definition) is 3. The summed E-state index contributed by atoms with van der Waals surface area (Å²) in [4.78, 5) is 2.44. The summed E-state index contributed by atoms with van der Waals surface area (Å²) >= 11 is 0. The minimum Gasteiger partial charge on any atom is -0.399 e. The summed E-state index contributed by atoms with van der Waals surface area (Å²) in [5.74, 6) is 0. The standard InChI is InChI=1S/C17H26N4/c1-5-16-10-17(20(4)19-16)12-21(13(2)3)11-14-7-6-8-15(18)9-14/h6-10,13H,5,11-12,18H2,1-4H3. The first kappa shape index (κ1) is 15.6. The third-order valence-electron chi connectivity index (χ3n) is 3.82. The molecule has 4 nitrogen and oxygen atoms in total. The molecule has 0 fully saturated rings. The van der Waals surface area contributed by atoms with Crippen LogP contribution in [0.25, 0.3) is 0 Å². The third kappa shape index (κ3) is 4.08. The second kappa shape index (κ2) is 6.76. The van der Waals surface area contributed by atoms with Crippen LogP contribution in [0.2, 0.25) is 0 Å². The van der Waals surface area contributed by atoms with Crippen molar-refractivity contribution < 1.29 is 0 Å². The van der Waals surface area contributed by atoms with E-state index in [1.54, 1.807) is 0 Å². The number of nitrogen functional groups attached to an aromatic ring is 1. The highest BCUT2D eigenvalue weighted by Gasteiger charge is 2.14. The zero-order valence-corrected chi connectivity index (χ0v) is 13.5. The molecule has 21 heavy (non-hydrogen) atoms. The molecule has 0 atom stereocenters. The fourth-order valence-electron chi connectivity index (χ4n) is 2.45. The maximum Gasteiger partial charge on any atom is 0.0625 e. The lowest BCUT2D eigenvalue weighted by Gasteiger charge is -2.26. The molecule has 0 spiro atoms. The Morgan fingerprint density at radius 3 is 2.57 bits per heavy atom. The molecular weight excluding hydrogens is 260 g/mol. The van der Waals surface area contributed by atoms with Gasteiger partial charge in [-0.05, 0) is 44.0 Å². The summed E-state index contributed by atoms with van der Waals surface area (Å²) in [5.41, 5.74) is 10.4. The highest BCUT2D eigenvalue weighted by Crippen LogP contribution is 2.15. The fraction of sp³-hybridized carbons (Fsp3) is 0.471. The molecule has 0 amide bonds. The maximum atomic E-state index is 5.88. The Labute approximate surface area is 127 Å². The zero-order valence-electron chi connectivity index (χ0n) is 13.5. The first-order valence-corrected chi connectivity index (χ1v) is 7.59. The molecule has 0 aliphatic carbocycles. The first-order chi connectivity index (χ1) is 9.99. The molecule has 0 saturated carbocycles. The van der Waals surface area contributed by atoms with Gasteiger partial charge in [0.05, 0.1) is 11.4 Å². The van der Waals surface area contributed by atoms with Gasteiger partial charge in [-0.1, -0.05) is 19.1 Å². The van der Waals surface area contributed by atoms with Gasteiger partial charge in [-0.2, -0.15) is 5.10 Å². The van der Waals surface area contributed by atoms with Crippen LogP contribution in [0.5, 0.6) is 0 Å². The normalized spacial score (nSPS) is 11.5. The summed E-state index contributed by atoms with van der Waals surface area (Å²) in [7, 11) is 2.02. The number of nitrogens with two attached hydrogens (primary N) is 1. The Morgan fingerprint density at radius 2 is 2.00 bits per heavy atom. The van der Waals surface area contributed by atoms with E-state index in [0.717, 1.165) is 30.9 Å². The average molecular weight is 286 g/mol. The van der Waals surface area contributed by atoms with Crippen molar-refractivity contribution in [1.29, 1.82) is 0 Å². The van der Waals surface area contributed by atoms with E-state index in [4.69, 9.17) is 5.73 Å². The molecular formula is C17H26N4. The van der Waals surface area contributed by atoms with Crippen molar-refractivity contribution >= 4 is 5.69 Å². The van der Waals surface area contributed by atoms with E-state index >= 15 is 0 Å². The summed E-state index contributed by atoms with van der Waals surface area (Å²) in [6.45, 7) is 8.39. The third-order valence-corrected chi connectivity index (χ3v) is 3.82.